The Morgan fingerprint density at radius 2 is 2.29 bits per heavy atom. The lowest BCUT2D eigenvalue weighted by atomic mass is 10.4. The van der Waals surface area contributed by atoms with Gasteiger partial charge in [-0.25, -0.2) is 9.78 Å². The van der Waals surface area contributed by atoms with Crippen LogP contribution in [-0.2, 0) is 9.53 Å². The number of esters is 1. The molecule has 21 heavy (non-hydrogen) atoms. The predicted octanol–water partition coefficient (Wildman–Crippen LogP) is 2.20. The highest BCUT2D eigenvalue weighted by molar-refractivity contribution is 9.11. The highest BCUT2D eigenvalue weighted by Crippen LogP contribution is 2.23. The summed E-state index contributed by atoms with van der Waals surface area (Å²) < 4.78 is 10.0. The molecule has 0 radical (unpaired) electrons. The Morgan fingerprint density at radius 3 is 2.86 bits per heavy atom. The molecule has 0 aliphatic rings. The third-order valence-electron chi connectivity index (χ3n) is 2.03. The lowest BCUT2D eigenvalue weighted by Gasteiger charge is -2.02. The van der Waals surface area contributed by atoms with Gasteiger partial charge in [0.05, 0.1) is 16.0 Å². The van der Waals surface area contributed by atoms with E-state index in [9.17, 15) is 19.7 Å². The van der Waals surface area contributed by atoms with E-state index in [0.29, 0.717) is 5.13 Å². The molecule has 0 bridgehead atoms. The fourth-order valence-corrected chi connectivity index (χ4v) is 2.33. The smallest absolute Gasteiger partial charge is 0.433 e. The van der Waals surface area contributed by atoms with Crippen LogP contribution in [0.15, 0.2) is 26.5 Å². The molecule has 0 saturated heterocycles. The molecule has 11 heteroatoms. The molecule has 1 amide bonds. The van der Waals surface area contributed by atoms with Crippen molar-refractivity contribution in [2.45, 2.75) is 0 Å². The third-order valence-corrected chi connectivity index (χ3v) is 3.42. The quantitative estimate of drug-likeness (QED) is 0.482. The summed E-state index contributed by atoms with van der Waals surface area (Å²) in [7, 11) is 0. The van der Waals surface area contributed by atoms with Gasteiger partial charge < -0.3 is 9.15 Å². The summed E-state index contributed by atoms with van der Waals surface area (Å²) in [6, 6.07) is 2.11. The van der Waals surface area contributed by atoms with Crippen LogP contribution in [-0.4, -0.2) is 28.4 Å². The van der Waals surface area contributed by atoms with Crippen molar-refractivity contribution in [2.24, 2.45) is 0 Å². The lowest BCUT2D eigenvalue weighted by Crippen LogP contribution is -2.20. The molecule has 2 rings (SSSR count). The van der Waals surface area contributed by atoms with Crippen LogP contribution >= 0.6 is 27.3 Å². The largest absolute Gasteiger partial charge is 0.450 e. The number of carbonyl (C=O) groups excluding carboxylic acids is 2. The number of aromatic nitrogens is 1. The minimum absolute atomic E-state index is 0.344. The van der Waals surface area contributed by atoms with E-state index in [0.717, 1.165) is 15.9 Å². The van der Waals surface area contributed by atoms with Gasteiger partial charge in [0.1, 0.15) is 4.92 Å². The number of nitrogens with one attached hydrogen (secondary N) is 1. The van der Waals surface area contributed by atoms with E-state index in [2.05, 4.69) is 35.4 Å². The van der Waals surface area contributed by atoms with Gasteiger partial charge in [-0.2, -0.15) is 0 Å². The van der Waals surface area contributed by atoms with Crippen molar-refractivity contribution in [1.82, 2.24) is 4.98 Å². The molecule has 9 nitrogen and oxygen atoms in total. The monoisotopic (exact) mass is 375 g/mol. The topological polar surface area (TPSA) is 125 Å². The van der Waals surface area contributed by atoms with Crippen LogP contribution in [0.2, 0.25) is 0 Å². The second-order valence-electron chi connectivity index (χ2n) is 3.49. The Kier molecular flexibility index (Phi) is 4.65. The van der Waals surface area contributed by atoms with Gasteiger partial charge in [-0.3, -0.25) is 20.2 Å². The number of thiazole rings is 1. The number of ether oxygens (including phenoxy) is 1. The maximum Gasteiger partial charge on any atom is 0.433 e. The van der Waals surface area contributed by atoms with Crippen LogP contribution < -0.4 is 5.32 Å². The Balaban J connectivity index is 1.85. The van der Waals surface area contributed by atoms with Gasteiger partial charge in [-0.15, -0.1) is 0 Å². The summed E-state index contributed by atoms with van der Waals surface area (Å²) in [6.07, 6.45) is 1.51. The van der Waals surface area contributed by atoms with E-state index < -0.39 is 29.3 Å². The van der Waals surface area contributed by atoms with E-state index in [1.165, 1.54) is 17.5 Å². The van der Waals surface area contributed by atoms with Crippen molar-refractivity contribution in [3.8, 4) is 0 Å². The number of furan rings is 1. The Hall–Kier alpha value is -2.27. The molecule has 0 aliphatic carbocycles. The van der Waals surface area contributed by atoms with Gasteiger partial charge in [-0.1, -0.05) is 11.3 Å². The molecular formula is C10H6BrN3O6S. The van der Waals surface area contributed by atoms with Gasteiger partial charge in [-0.05, 0) is 22.0 Å². The summed E-state index contributed by atoms with van der Waals surface area (Å²) in [5.41, 5.74) is 0. The van der Waals surface area contributed by atoms with Crippen LogP contribution in [0.4, 0.5) is 11.0 Å². The van der Waals surface area contributed by atoms with Crippen molar-refractivity contribution < 1.29 is 23.7 Å². The lowest BCUT2D eigenvalue weighted by molar-refractivity contribution is -0.402. The number of rotatable bonds is 5. The molecule has 0 atom stereocenters. The summed E-state index contributed by atoms with van der Waals surface area (Å²) in [4.78, 5) is 36.5. The van der Waals surface area contributed by atoms with Gasteiger partial charge >= 0.3 is 11.9 Å². The molecular weight excluding hydrogens is 370 g/mol. The van der Waals surface area contributed by atoms with E-state index in [4.69, 9.17) is 0 Å². The summed E-state index contributed by atoms with van der Waals surface area (Å²) in [5.74, 6) is -2.50. The number of nitro groups is 1. The molecule has 0 unspecified atom stereocenters. The van der Waals surface area contributed by atoms with Gasteiger partial charge in [0.2, 0.25) is 5.76 Å². The normalized spacial score (nSPS) is 10.1. The van der Waals surface area contributed by atoms with Gasteiger partial charge in [0, 0.05) is 0 Å². The second-order valence-corrected chi connectivity index (χ2v) is 5.90. The minimum Gasteiger partial charge on any atom is -0.450 e. The zero-order valence-corrected chi connectivity index (χ0v) is 12.5. The second kappa shape index (κ2) is 6.45. The van der Waals surface area contributed by atoms with Crippen LogP contribution in [0.5, 0.6) is 0 Å². The average Bonchev–Trinajstić information content (AvgIpc) is 3.05. The zero-order chi connectivity index (χ0) is 15.4. The summed E-state index contributed by atoms with van der Waals surface area (Å²) in [5, 5.41) is 13.2. The maximum absolute atomic E-state index is 11.5. The minimum atomic E-state index is -0.974. The number of halogens is 1. The van der Waals surface area contributed by atoms with E-state index in [1.807, 2.05) is 0 Å². The third kappa shape index (κ3) is 4.10. The van der Waals surface area contributed by atoms with Crippen LogP contribution in [0, 0.1) is 10.1 Å². The first-order valence-corrected chi connectivity index (χ1v) is 6.89. The van der Waals surface area contributed by atoms with E-state index in [-0.39, 0.29) is 5.76 Å². The number of hydrogen-bond donors (Lipinski definition) is 1. The number of amides is 1. The molecule has 0 spiro atoms. The van der Waals surface area contributed by atoms with Gasteiger partial charge in [0.25, 0.3) is 5.91 Å². The molecule has 0 aromatic carbocycles. The fraction of sp³-hybridized carbons (Fsp3) is 0.100. The molecule has 0 saturated carbocycles. The van der Waals surface area contributed by atoms with Crippen molar-refractivity contribution >= 4 is 50.2 Å². The Morgan fingerprint density at radius 1 is 1.52 bits per heavy atom. The predicted molar refractivity (Wildman–Crippen MR) is 74.1 cm³/mol. The highest BCUT2D eigenvalue weighted by Gasteiger charge is 2.19. The molecule has 0 aliphatic heterocycles. The number of nitrogens with zero attached hydrogens (tertiary/aromatic N) is 2. The van der Waals surface area contributed by atoms with Crippen molar-refractivity contribution in [3.05, 3.63) is 38.0 Å². The Bertz CT molecular complexity index is 697. The first-order chi connectivity index (χ1) is 9.95. The number of hydrogen-bond acceptors (Lipinski definition) is 8. The van der Waals surface area contributed by atoms with Crippen LogP contribution in [0.1, 0.15) is 10.6 Å². The van der Waals surface area contributed by atoms with Crippen molar-refractivity contribution in [3.63, 3.8) is 0 Å². The van der Waals surface area contributed by atoms with Crippen molar-refractivity contribution in [2.75, 3.05) is 11.9 Å². The number of carbonyl (C=O) groups is 2. The van der Waals surface area contributed by atoms with Crippen molar-refractivity contribution in [1.29, 1.82) is 0 Å². The molecule has 2 heterocycles. The molecule has 110 valence electrons. The first-order valence-electron chi connectivity index (χ1n) is 5.28. The van der Waals surface area contributed by atoms with Crippen LogP contribution in [0.25, 0.3) is 0 Å². The molecule has 1 N–H and O–H groups in total. The zero-order valence-electron chi connectivity index (χ0n) is 10.1. The first kappa shape index (κ1) is 15.1. The highest BCUT2D eigenvalue weighted by atomic mass is 79.9. The summed E-state index contributed by atoms with van der Waals surface area (Å²) >= 11 is 4.37. The fourth-order valence-electron chi connectivity index (χ4n) is 1.21. The standard InChI is InChI=1S/C10H6BrN3O6S/c11-6-3-12-10(21-6)13-7(15)4-19-9(16)5-1-2-8(20-5)14(17)18/h1-3H,4H2,(H,12,13,15). The molecule has 0 fully saturated rings. The van der Waals surface area contributed by atoms with Gasteiger partial charge in [0.15, 0.2) is 11.7 Å². The summed E-state index contributed by atoms with van der Waals surface area (Å²) in [6.45, 7) is -0.565. The SMILES string of the molecule is O=C(COC(=O)c1ccc([N+](=O)[O-])o1)Nc1ncc(Br)s1. The number of anilines is 1. The Labute approximate surface area is 129 Å². The van der Waals surface area contributed by atoms with E-state index >= 15 is 0 Å². The molecule has 2 aromatic heterocycles. The van der Waals surface area contributed by atoms with E-state index in [1.54, 1.807) is 0 Å². The molecule has 2 aromatic rings. The maximum atomic E-state index is 11.5. The van der Waals surface area contributed by atoms with Crippen LogP contribution in [0.3, 0.4) is 0 Å². The average molecular weight is 376 g/mol.